The highest BCUT2D eigenvalue weighted by molar-refractivity contribution is 5.94. The Bertz CT molecular complexity index is 376. The summed E-state index contributed by atoms with van der Waals surface area (Å²) in [5.41, 5.74) is 0.0955. The van der Waals surface area contributed by atoms with Crippen LogP contribution in [0.15, 0.2) is 23.2 Å². The number of hydrogen-bond donors (Lipinski definition) is 2. The Morgan fingerprint density at radius 3 is 2.93 bits per heavy atom. The van der Waals surface area contributed by atoms with Gasteiger partial charge in [0.25, 0.3) is 0 Å². The highest BCUT2D eigenvalue weighted by Gasteiger charge is 2.10. The Labute approximate surface area is 79.8 Å². The second kappa shape index (κ2) is 3.61. The van der Waals surface area contributed by atoms with E-state index in [1.165, 1.54) is 12.1 Å². The lowest BCUT2D eigenvalue weighted by atomic mass is 10.3. The van der Waals surface area contributed by atoms with Crippen molar-refractivity contribution in [3.05, 3.63) is 29.8 Å². The fourth-order valence-corrected chi connectivity index (χ4v) is 1.21. The monoisotopic (exact) mass is 197 g/mol. The first kappa shape index (κ1) is 8.93. The Kier molecular flexibility index (Phi) is 2.30. The van der Waals surface area contributed by atoms with Crippen molar-refractivity contribution in [3.63, 3.8) is 0 Å². The normalized spacial score (nSPS) is 14.9. The first-order chi connectivity index (χ1) is 6.77. The molecule has 0 spiro atoms. The average Bonchev–Trinajstić information content (AvgIpc) is 2.66. The predicted molar refractivity (Wildman–Crippen MR) is 50.3 cm³/mol. The molecule has 0 atom stereocenters. The molecule has 0 amide bonds. The van der Waals surface area contributed by atoms with Crippen LogP contribution >= 0.6 is 0 Å². The van der Waals surface area contributed by atoms with E-state index in [4.69, 9.17) is 0 Å². The van der Waals surface area contributed by atoms with Crippen LogP contribution in [0.5, 0.6) is 0 Å². The summed E-state index contributed by atoms with van der Waals surface area (Å²) < 4.78 is 25.9. The zero-order valence-corrected chi connectivity index (χ0v) is 7.35. The van der Waals surface area contributed by atoms with E-state index in [0.717, 1.165) is 12.6 Å². The molecule has 74 valence electrons. The molecule has 0 unspecified atom stereocenters. The number of nitrogens with zero attached hydrogens (tertiary/aromatic N) is 1. The quantitative estimate of drug-likeness (QED) is 0.712. The van der Waals surface area contributed by atoms with Crippen molar-refractivity contribution in [3.8, 4) is 0 Å². The lowest BCUT2D eigenvalue weighted by molar-refractivity contribution is 0.512. The summed E-state index contributed by atoms with van der Waals surface area (Å²) in [4.78, 5) is 4.01. The summed E-state index contributed by atoms with van der Waals surface area (Å²) in [6.45, 7) is 1.37. The summed E-state index contributed by atoms with van der Waals surface area (Å²) in [7, 11) is 0. The first-order valence-electron chi connectivity index (χ1n) is 4.27. The van der Waals surface area contributed by atoms with Crippen molar-refractivity contribution in [2.75, 3.05) is 18.4 Å². The van der Waals surface area contributed by atoms with Crippen molar-refractivity contribution in [1.82, 2.24) is 5.32 Å². The van der Waals surface area contributed by atoms with E-state index in [9.17, 15) is 8.78 Å². The SMILES string of the molecule is Fc1cccc(NC2=NCCN2)c1F. The topological polar surface area (TPSA) is 36.4 Å². The number of rotatable bonds is 1. The number of nitrogens with one attached hydrogen (secondary N) is 2. The van der Waals surface area contributed by atoms with Crippen molar-refractivity contribution >= 4 is 11.6 Å². The highest BCUT2D eigenvalue weighted by Crippen LogP contribution is 2.16. The molecule has 5 heteroatoms. The van der Waals surface area contributed by atoms with Gasteiger partial charge in [-0.2, -0.15) is 0 Å². The number of anilines is 1. The maximum Gasteiger partial charge on any atom is 0.196 e. The third kappa shape index (κ3) is 1.66. The minimum Gasteiger partial charge on any atom is -0.354 e. The summed E-state index contributed by atoms with van der Waals surface area (Å²) in [6, 6.07) is 3.97. The Hall–Kier alpha value is -1.65. The van der Waals surface area contributed by atoms with E-state index in [-0.39, 0.29) is 5.69 Å². The highest BCUT2D eigenvalue weighted by atomic mass is 19.2. The third-order valence-corrected chi connectivity index (χ3v) is 1.88. The van der Waals surface area contributed by atoms with Crippen molar-refractivity contribution in [2.24, 2.45) is 4.99 Å². The van der Waals surface area contributed by atoms with Crippen LogP contribution < -0.4 is 10.6 Å². The van der Waals surface area contributed by atoms with E-state index in [1.807, 2.05) is 0 Å². The molecule has 0 radical (unpaired) electrons. The van der Waals surface area contributed by atoms with Crippen LogP contribution in [0.3, 0.4) is 0 Å². The maximum atomic E-state index is 13.1. The molecule has 0 fully saturated rings. The lowest BCUT2D eigenvalue weighted by Gasteiger charge is -2.07. The lowest BCUT2D eigenvalue weighted by Crippen LogP contribution is -2.26. The van der Waals surface area contributed by atoms with Crippen LogP contribution in [-0.2, 0) is 0 Å². The van der Waals surface area contributed by atoms with Crippen LogP contribution in [0.4, 0.5) is 14.5 Å². The number of benzene rings is 1. The molecule has 0 aliphatic carbocycles. The van der Waals surface area contributed by atoms with Crippen molar-refractivity contribution in [1.29, 1.82) is 0 Å². The standard InChI is InChI=1S/C9H9F2N3/c10-6-2-1-3-7(8(6)11)14-9-12-4-5-13-9/h1-3H,4-5H2,(H2,12,13,14). The van der Waals surface area contributed by atoms with Gasteiger partial charge in [0.2, 0.25) is 0 Å². The van der Waals surface area contributed by atoms with Gasteiger partial charge in [-0.1, -0.05) is 6.07 Å². The molecule has 3 nitrogen and oxygen atoms in total. The zero-order valence-electron chi connectivity index (χ0n) is 7.35. The molecule has 1 aromatic carbocycles. The van der Waals surface area contributed by atoms with Gasteiger partial charge in [0, 0.05) is 6.54 Å². The average molecular weight is 197 g/mol. The van der Waals surface area contributed by atoms with Gasteiger partial charge in [0.05, 0.1) is 12.2 Å². The third-order valence-electron chi connectivity index (χ3n) is 1.88. The molecule has 1 aliphatic heterocycles. The second-order valence-electron chi connectivity index (χ2n) is 2.88. The van der Waals surface area contributed by atoms with E-state index in [2.05, 4.69) is 15.6 Å². The largest absolute Gasteiger partial charge is 0.354 e. The molecule has 0 aromatic heterocycles. The van der Waals surface area contributed by atoms with Crippen LogP contribution in [0.1, 0.15) is 0 Å². The van der Waals surface area contributed by atoms with Gasteiger partial charge >= 0.3 is 0 Å². The van der Waals surface area contributed by atoms with Gasteiger partial charge in [-0.05, 0) is 12.1 Å². The van der Waals surface area contributed by atoms with Gasteiger partial charge in [0.15, 0.2) is 17.6 Å². The summed E-state index contributed by atoms with van der Waals surface area (Å²) >= 11 is 0. The summed E-state index contributed by atoms with van der Waals surface area (Å²) in [5, 5.41) is 5.58. The molecule has 14 heavy (non-hydrogen) atoms. The number of hydrogen-bond acceptors (Lipinski definition) is 3. The fourth-order valence-electron chi connectivity index (χ4n) is 1.21. The maximum absolute atomic E-state index is 13.1. The van der Waals surface area contributed by atoms with E-state index in [1.54, 1.807) is 0 Å². The van der Waals surface area contributed by atoms with E-state index >= 15 is 0 Å². The Balaban J connectivity index is 2.20. The van der Waals surface area contributed by atoms with Crippen LogP contribution in [-0.4, -0.2) is 19.0 Å². The summed E-state index contributed by atoms with van der Waals surface area (Å²) in [6.07, 6.45) is 0. The van der Waals surface area contributed by atoms with Gasteiger partial charge in [-0.3, -0.25) is 4.99 Å². The van der Waals surface area contributed by atoms with Gasteiger partial charge < -0.3 is 10.6 Å². The number of halogens is 2. The molecular formula is C9H9F2N3. The van der Waals surface area contributed by atoms with Crippen LogP contribution in [0.25, 0.3) is 0 Å². The minimum atomic E-state index is -0.885. The Morgan fingerprint density at radius 1 is 1.36 bits per heavy atom. The first-order valence-corrected chi connectivity index (χ1v) is 4.27. The van der Waals surface area contributed by atoms with E-state index < -0.39 is 11.6 Å². The minimum absolute atomic E-state index is 0.0955. The van der Waals surface area contributed by atoms with Gasteiger partial charge in [0.1, 0.15) is 0 Å². The van der Waals surface area contributed by atoms with Crippen LogP contribution in [0, 0.1) is 11.6 Å². The smallest absolute Gasteiger partial charge is 0.196 e. The molecule has 0 saturated heterocycles. The van der Waals surface area contributed by atoms with E-state index in [0.29, 0.717) is 12.5 Å². The van der Waals surface area contributed by atoms with Gasteiger partial charge in [-0.15, -0.1) is 0 Å². The molecule has 1 heterocycles. The second-order valence-corrected chi connectivity index (χ2v) is 2.88. The van der Waals surface area contributed by atoms with Crippen LogP contribution in [0.2, 0.25) is 0 Å². The molecule has 2 rings (SSSR count). The van der Waals surface area contributed by atoms with Crippen molar-refractivity contribution < 1.29 is 8.78 Å². The molecule has 0 saturated carbocycles. The molecule has 1 aromatic rings. The van der Waals surface area contributed by atoms with Crippen molar-refractivity contribution in [2.45, 2.75) is 0 Å². The number of guanidine groups is 1. The molecular weight excluding hydrogens is 188 g/mol. The molecule has 2 N–H and O–H groups in total. The Morgan fingerprint density at radius 2 is 2.21 bits per heavy atom. The fraction of sp³-hybridized carbons (Fsp3) is 0.222. The summed E-state index contributed by atoms with van der Waals surface area (Å²) in [5.74, 6) is -1.27. The zero-order chi connectivity index (χ0) is 9.97. The van der Waals surface area contributed by atoms with Gasteiger partial charge in [-0.25, -0.2) is 8.78 Å². The predicted octanol–water partition coefficient (Wildman–Crippen LogP) is 1.34. The molecule has 0 bridgehead atoms. The molecule has 1 aliphatic rings. The number of aliphatic imine (C=N–C) groups is 1.